The summed E-state index contributed by atoms with van der Waals surface area (Å²) in [5.74, 6) is -0.488. The number of ether oxygens (including phenoxy) is 1. The third kappa shape index (κ3) is 4.39. The molecule has 2 aromatic carbocycles. The monoisotopic (exact) mass is 528 g/mol. The Morgan fingerprint density at radius 3 is 2.77 bits per heavy atom. The summed E-state index contributed by atoms with van der Waals surface area (Å²) in [7, 11) is 1.75. The van der Waals surface area contributed by atoms with Gasteiger partial charge >= 0.3 is 0 Å². The number of aromatic nitrogens is 5. The molecule has 0 saturated heterocycles. The summed E-state index contributed by atoms with van der Waals surface area (Å²) in [6, 6.07) is 9.27. The van der Waals surface area contributed by atoms with E-state index >= 15 is 4.39 Å². The average Bonchev–Trinajstić information content (AvgIpc) is 3.45. The first-order valence-electron chi connectivity index (χ1n) is 9.98. The fourth-order valence-electron chi connectivity index (χ4n) is 3.42. The van der Waals surface area contributed by atoms with E-state index in [2.05, 4.69) is 20.3 Å². The lowest BCUT2D eigenvalue weighted by molar-refractivity contribution is 0.437. The number of nitrogens with zero attached hydrogens (tertiary/aromatic N) is 6. The van der Waals surface area contributed by atoms with E-state index in [-0.39, 0.29) is 50.9 Å². The number of halogens is 4. The number of hydrogen-bond donors (Lipinski definition) is 0. The minimum atomic E-state index is -0.716. The number of fused-ring (bicyclic) bond motifs is 1. The highest BCUT2D eigenvalue weighted by atomic mass is 35.5. The number of rotatable bonds is 5. The minimum Gasteiger partial charge on any atom is -0.453 e. The van der Waals surface area contributed by atoms with E-state index in [1.807, 2.05) is 6.07 Å². The lowest BCUT2D eigenvalue weighted by Gasteiger charge is -2.11. The van der Waals surface area contributed by atoms with Crippen molar-refractivity contribution in [2.75, 3.05) is 0 Å². The summed E-state index contributed by atoms with van der Waals surface area (Å²) in [6.07, 6.45) is 3.07. The Hall–Kier alpha value is -3.71. The van der Waals surface area contributed by atoms with Crippen LogP contribution in [0.1, 0.15) is 17.0 Å². The maximum Gasteiger partial charge on any atom is 0.250 e. The highest BCUT2D eigenvalue weighted by Crippen LogP contribution is 2.36. The number of nitriles is 1. The first-order chi connectivity index (χ1) is 16.8. The Bertz CT molecular complexity index is 1640. The van der Waals surface area contributed by atoms with E-state index in [9.17, 15) is 0 Å². The van der Waals surface area contributed by atoms with Crippen molar-refractivity contribution in [2.45, 2.75) is 6.42 Å². The van der Waals surface area contributed by atoms with Gasteiger partial charge in [-0.2, -0.15) is 10.4 Å². The molecule has 8 nitrogen and oxygen atoms in total. The van der Waals surface area contributed by atoms with E-state index in [0.29, 0.717) is 21.6 Å². The molecule has 0 spiro atoms. The zero-order valence-corrected chi connectivity index (χ0v) is 20.0. The lowest BCUT2D eigenvalue weighted by atomic mass is 10.1. The lowest BCUT2D eigenvalue weighted by Crippen LogP contribution is -1.98. The molecule has 3 aromatic heterocycles. The fraction of sp³-hybridized carbons (Fsp3) is 0.0870. The van der Waals surface area contributed by atoms with Gasteiger partial charge in [0.15, 0.2) is 17.2 Å². The topological polar surface area (TPSA) is 103 Å². The molecule has 0 unspecified atom stereocenters. The quantitative estimate of drug-likeness (QED) is 0.260. The highest BCUT2D eigenvalue weighted by Gasteiger charge is 2.20. The van der Waals surface area contributed by atoms with Crippen molar-refractivity contribution in [1.82, 2.24) is 25.0 Å². The maximum absolute atomic E-state index is 15.3. The summed E-state index contributed by atoms with van der Waals surface area (Å²) in [4.78, 5) is 4.33. The van der Waals surface area contributed by atoms with E-state index in [1.165, 1.54) is 36.5 Å². The van der Waals surface area contributed by atoms with Gasteiger partial charge in [-0.1, -0.05) is 40.9 Å². The number of aryl methyl sites for hydroxylation is 1. The second kappa shape index (κ2) is 9.15. The van der Waals surface area contributed by atoms with Crippen LogP contribution in [0.25, 0.3) is 22.5 Å². The van der Waals surface area contributed by atoms with Gasteiger partial charge < -0.3 is 9.15 Å². The Morgan fingerprint density at radius 1 is 1.14 bits per heavy atom. The van der Waals surface area contributed by atoms with Crippen LogP contribution in [-0.4, -0.2) is 25.0 Å². The van der Waals surface area contributed by atoms with Crippen molar-refractivity contribution in [2.24, 2.45) is 7.05 Å². The molecular formula is C23H12Cl3FN6O2. The van der Waals surface area contributed by atoms with Gasteiger partial charge in [-0.15, -0.1) is 10.2 Å². The summed E-state index contributed by atoms with van der Waals surface area (Å²) in [5.41, 5.74) is 1.50. The van der Waals surface area contributed by atoms with E-state index < -0.39 is 5.82 Å². The Balaban J connectivity index is 1.44. The molecule has 0 fully saturated rings. The van der Waals surface area contributed by atoms with Crippen LogP contribution in [-0.2, 0) is 13.5 Å². The molecule has 174 valence electrons. The Morgan fingerprint density at radius 2 is 1.97 bits per heavy atom. The third-order valence-electron chi connectivity index (χ3n) is 5.08. The van der Waals surface area contributed by atoms with E-state index in [4.69, 9.17) is 49.2 Å². The fourth-order valence-corrected chi connectivity index (χ4v) is 4.09. The maximum atomic E-state index is 15.3. The Kier molecular flexibility index (Phi) is 6.03. The highest BCUT2D eigenvalue weighted by molar-refractivity contribution is 6.37. The molecule has 0 atom stereocenters. The van der Waals surface area contributed by atoms with Gasteiger partial charge in [-0.05, 0) is 24.3 Å². The SMILES string of the molecule is Cn1ncc2c(Cl)c(-c3nnc(Cc4ccc(Cl)c(Oc5cc(Cl)cc(C#N)c5)c4F)o3)cnc21. The molecular weight excluding hydrogens is 518 g/mol. The van der Waals surface area contributed by atoms with Crippen LogP contribution < -0.4 is 4.74 Å². The first kappa shape index (κ1) is 23.1. The molecule has 0 aliphatic carbocycles. The minimum absolute atomic E-state index is 0.0362. The van der Waals surface area contributed by atoms with Gasteiger partial charge in [0, 0.05) is 23.8 Å². The van der Waals surface area contributed by atoms with Crippen LogP contribution in [0.3, 0.4) is 0 Å². The summed E-state index contributed by atoms with van der Waals surface area (Å²) in [6.45, 7) is 0. The predicted octanol–water partition coefficient (Wildman–Crippen LogP) is 6.37. The molecule has 0 aliphatic heterocycles. The van der Waals surface area contributed by atoms with Crippen molar-refractivity contribution in [3.63, 3.8) is 0 Å². The molecule has 5 aromatic rings. The van der Waals surface area contributed by atoms with Gasteiger partial charge in [0.25, 0.3) is 5.89 Å². The largest absolute Gasteiger partial charge is 0.453 e. The molecule has 0 N–H and O–H groups in total. The molecule has 0 bridgehead atoms. The van der Waals surface area contributed by atoms with E-state index in [1.54, 1.807) is 17.9 Å². The van der Waals surface area contributed by atoms with Gasteiger partial charge in [0.2, 0.25) is 5.89 Å². The normalized spacial score (nSPS) is 11.1. The molecule has 0 aliphatic rings. The predicted molar refractivity (Wildman–Crippen MR) is 127 cm³/mol. The van der Waals surface area contributed by atoms with E-state index in [0.717, 1.165) is 0 Å². The summed E-state index contributed by atoms with van der Waals surface area (Å²) >= 11 is 18.7. The molecule has 5 rings (SSSR count). The van der Waals surface area contributed by atoms with Gasteiger partial charge in [0.1, 0.15) is 5.75 Å². The second-order valence-electron chi connectivity index (χ2n) is 7.41. The van der Waals surface area contributed by atoms with Crippen LogP contribution in [0, 0.1) is 17.1 Å². The van der Waals surface area contributed by atoms with Crippen LogP contribution >= 0.6 is 34.8 Å². The standard InChI is InChI=1S/C23H12Cl3FN6O2/c1-33-22-15(10-30-33)19(26)16(9-29-22)23-32-31-18(35-23)6-12-2-3-17(25)21(20(12)27)34-14-5-11(8-28)4-13(24)7-14/h2-5,7,9-10H,6H2,1H3. The van der Waals surface area contributed by atoms with Crippen LogP contribution in [0.4, 0.5) is 4.39 Å². The molecule has 0 amide bonds. The number of benzene rings is 2. The van der Waals surface area contributed by atoms with Gasteiger partial charge in [0.05, 0.1) is 45.2 Å². The molecule has 35 heavy (non-hydrogen) atoms. The van der Waals surface area contributed by atoms with Crippen LogP contribution in [0.2, 0.25) is 15.1 Å². The van der Waals surface area contributed by atoms with Crippen molar-refractivity contribution in [1.29, 1.82) is 5.26 Å². The number of hydrogen-bond acceptors (Lipinski definition) is 7. The zero-order valence-electron chi connectivity index (χ0n) is 17.8. The zero-order chi connectivity index (χ0) is 24.7. The molecule has 0 radical (unpaired) electrons. The average molecular weight is 530 g/mol. The van der Waals surface area contributed by atoms with Crippen molar-refractivity contribution >= 4 is 45.8 Å². The van der Waals surface area contributed by atoms with Gasteiger partial charge in [-0.3, -0.25) is 4.68 Å². The van der Waals surface area contributed by atoms with Crippen molar-refractivity contribution < 1.29 is 13.5 Å². The summed E-state index contributed by atoms with van der Waals surface area (Å²) in [5, 5.41) is 22.6. The molecule has 12 heteroatoms. The summed E-state index contributed by atoms with van der Waals surface area (Å²) < 4.78 is 28.3. The first-order valence-corrected chi connectivity index (χ1v) is 11.1. The Labute approximate surface area is 212 Å². The smallest absolute Gasteiger partial charge is 0.250 e. The van der Waals surface area contributed by atoms with Crippen molar-refractivity contribution in [3.05, 3.63) is 80.6 Å². The van der Waals surface area contributed by atoms with Crippen molar-refractivity contribution in [3.8, 4) is 29.0 Å². The second-order valence-corrected chi connectivity index (χ2v) is 8.63. The number of pyridine rings is 1. The van der Waals surface area contributed by atoms with Crippen LogP contribution in [0.15, 0.2) is 47.1 Å². The molecule has 3 heterocycles. The van der Waals surface area contributed by atoms with Crippen LogP contribution in [0.5, 0.6) is 11.5 Å². The third-order valence-corrected chi connectivity index (χ3v) is 6.01. The van der Waals surface area contributed by atoms with Gasteiger partial charge in [-0.25, -0.2) is 9.37 Å². The molecule has 0 saturated carbocycles.